The second-order valence-electron chi connectivity index (χ2n) is 4.89. The zero-order valence-corrected chi connectivity index (χ0v) is 11.5. The Bertz CT molecular complexity index is 479. The first kappa shape index (κ1) is 12.3. The van der Waals surface area contributed by atoms with Crippen LogP contribution < -0.4 is 5.43 Å². The standard InChI is InChI=1S/C13H15Cl2N3/c14-11-2-1-10(7-12(11)15)16-17-13-8-18-5-3-9(13)4-6-18/h1-2,7,9,16H,3-6,8H2/b17-13+. The first-order chi connectivity index (χ1) is 8.72. The van der Waals surface area contributed by atoms with Gasteiger partial charge in [-0.3, -0.25) is 10.3 Å². The number of halogens is 2. The number of nitrogens with one attached hydrogen (secondary N) is 1. The van der Waals surface area contributed by atoms with Gasteiger partial charge in [0.15, 0.2) is 0 Å². The summed E-state index contributed by atoms with van der Waals surface area (Å²) in [4.78, 5) is 2.45. The molecular formula is C13H15Cl2N3. The summed E-state index contributed by atoms with van der Waals surface area (Å²) in [5, 5.41) is 5.65. The van der Waals surface area contributed by atoms with Gasteiger partial charge in [0.25, 0.3) is 0 Å². The van der Waals surface area contributed by atoms with Crippen LogP contribution in [0.15, 0.2) is 23.3 Å². The van der Waals surface area contributed by atoms with Gasteiger partial charge in [0.2, 0.25) is 0 Å². The maximum Gasteiger partial charge on any atom is 0.0613 e. The first-order valence-electron chi connectivity index (χ1n) is 6.22. The van der Waals surface area contributed by atoms with Crippen molar-refractivity contribution in [2.75, 3.05) is 25.1 Å². The zero-order valence-electron chi connectivity index (χ0n) is 10.00. The van der Waals surface area contributed by atoms with Crippen LogP contribution in [0.1, 0.15) is 12.8 Å². The van der Waals surface area contributed by atoms with Crippen LogP contribution in [0.5, 0.6) is 0 Å². The molecule has 96 valence electrons. The van der Waals surface area contributed by atoms with E-state index in [1.807, 2.05) is 6.07 Å². The van der Waals surface area contributed by atoms with Crippen molar-refractivity contribution in [3.8, 4) is 0 Å². The van der Waals surface area contributed by atoms with Gasteiger partial charge in [-0.25, -0.2) is 0 Å². The second-order valence-corrected chi connectivity index (χ2v) is 5.71. The van der Waals surface area contributed by atoms with Crippen molar-refractivity contribution in [1.82, 2.24) is 4.90 Å². The quantitative estimate of drug-likeness (QED) is 0.842. The monoisotopic (exact) mass is 283 g/mol. The molecule has 0 spiro atoms. The molecule has 0 aromatic heterocycles. The highest BCUT2D eigenvalue weighted by Crippen LogP contribution is 2.27. The molecule has 2 bridgehead atoms. The fourth-order valence-corrected chi connectivity index (χ4v) is 2.91. The Balaban J connectivity index is 1.71. The van der Waals surface area contributed by atoms with Gasteiger partial charge < -0.3 is 0 Å². The molecule has 0 atom stereocenters. The van der Waals surface area contributed by atoms with Crippen molar-refractivity contribution >= 4 is 34.6 Å². The minimum atomic E-state index is 0.552. The van der Waals surface area contributed by atoms with E-state index in [9.17, 15) is 0 Å². The van der Waals surface area contributed by atoms with E-state index >= 15 is 0 Å². The SMILES string of the molecule is Clc1ccc(N/N=C2\CN3CCC2CC3)cc1Cl. The summed E-state index contributed by atoms with van der Waals surface area (Å²) in [6.07, 6.45) is 2.48. The minimum Gasteiger partial charge on any atom is -0.298 e. The van der Waals surface area contributed by atoms with Crippen LogP contribution in [-0.4, -0.2) is 30.2 Å². The zero-order chi connectivity index (χ0) is 12.5. The molecule has 5 heteroatoms. The molecule has 18 heavy (non-hydrogen) atoms. The summed E-state index contributed by atoms with van der Waals surface area (Å²) in [6, 6.07) is 5.47. The van der Waals surface area contributed by atoms with Gasteiger partial charge in [0.1, 0.15) is 0 Å². The Morgan fingerprint density at radius 3 is 2.56 bits per heavy atom. The number of rotatable bonds is 2. The normalized spacial score (nSPS) is 28.7. The van der Waals surface area contributed by atoms with E-state index < -0.39 is 0 Å². The molecule has 3 nitrogen and oxygen atoms in total. The Kier molecular flexibility index (Phi) is 3.46. The van der Waals surface area contributed by atoms with Crippen molar-refractivity contribution in [2.24, 2.45) is 11.0 Å². The number of nitrogens with zero attached hydrogens (tertiary/aromatic N) is 2. The molecule has 3 heterocycles. The number of hydrogen-bond acceptors (Lipinski definition) is 3. The number of benzene rings is 1. The molecule has 0 radical (unpaired) electrons. The van der Waals surface area contributed by atoms with E-state index in [0.717, 1.165) is 12.2 Å². The molecule has 4 rings (SSSR count). The summed E-state index contributed by atoms with van der Waals surface area (Å²) in [5.74, 6) is 0.658. The summed E-state index contributed by atoms with van der Waals surface area (Å²) < 4.78 is 0. The van der Waals surface area contributed by atoms with Gasteiger partial charge in [0.05, 0.1) is 21.4 Å². The number of fused-ring (bicyclic) bond motifs is 3. The summed E-state index contributed by atoms with van der Waals surface area (Å²) >= 11 is 11.8. The lowest BCUT2D eigenvalue weighted by molar-refractivity contribution is 0.200. The molecule has 3 saturated heterocycles. The van der Waals surface area contributed by atoms with Crippen LogP contribution in [-0.2, 0) is 0 Å². The van der Waals surface area contributed by atoms with Crippen LogP contribution in [0.3, 0.4) is 0 Å². The molecule has 3 aliphatic heterocycles. The van der Waals surface area contributed by atoms with E-state index in [4.69, 9.17) is 23.2 Å². The second kappa shape index (κ2) is 5.08. The first-order valence-corrected chi connectivity index (χ1v) is 6.98. The smallest absolute Gasteiger partial charge is 0.0613 e. The fourth-order valence-electron chi connectivity index (χ4n) is 2.61. The molecule has 1 aromatic carbocycles. The van der Waals surface area contributed by atoms with Gasteiger partial charge in [-0.05, 0) is 44.1 Å². The van der Waals surface area contributed by atoms with E-state index in [1.54, 1.807) is 12.1 Å². The summed E-state index contributed by atoms with van der Waals surface area (Å²) in [6.45, 7) is 3.44. The molecule has 0 unspecified atom stereocenters. The number of piperidine rings is 3. The van der Waals surface area contributed by atoms with Crippen molar-refractivity contribution in [3.05, 3.63) is 28.2 Å². The third-order valence-corrected chi connectivity index (χ3v) is 4.43. The lowest BCUT2D eigenvalue weighted by atomic mass is 9.87. The van der Waals surface area contributed by atoms with Gasteiger partial charge in [-0.15, -0.1) is 0 Å². The van der Waals surface area contributed by atoms with Gasteiger partial charge in [-0.2, -0.15) is 5.10 Å². The highest BCUT2D eigenvalue weighted by Gasteiger charge is 2.30. The number of anilines is 1. The minimum absolute atomic E-state index is 0.552. The van der Waals surface area contributed by atoms with E-state index in [0.29, 0.717) is 16.0 Å². The van der Waals surface area contributed by atoms with Crippen LogP contribution in [0, 0.1) is 5.92 Å². The lowest BCUT2D eigenvalue weighted by Gasteiger charge is -2.39. The van der Waals surface area contributed by atoms with E-state index in [1.165, 1.54) is 31.6 Å². The Labute approximate surface area is 117 Å². The highest BCUT2D eigenvalue weighted by molar-refractivity contribution is 6.42. The maximum absolute atomic E-state index is 5.97. The summed E-state index contributed by atoms with van der Waals surface area (Å²) in [5.41, 5.74) is 5.23. The highest BCUT2D eigenvalue weighted by atomic mass is 35.5. The fraction of sp³-hybridized carbons (Fsp3) is 0.462. The maximum atomic E-state index is 5.97. The van der Waals surface area contributed by atoms with E-state index in [2.05, 4.69) is 15.4 Å². The molecular weight excluding hydrogens is 269 g/mol. The largest absolute Gasteiger partial charge is 0.298 e. The Morgan fingerprint density at radius 2 is 1.94 bits per heavy atom. The predicted octanol–water partition coefficient (Wildman–Crippen LogP) is 3.49. The van der Waals surface area contributed by atoms with Crippen molar-refractivity contribution in [3.63, 3.8) is 0 Å². The average molecular weight is 284 g/mol. The van der Waals surface area contributed by atoms with Crippen LogP contribution in [0.4, 0.5) is 5.69 Å². The van der Waals surface area contributed by atoms with Crippen molar-refractivity contribution in [2.45, 2.75) is 12.8 Å². The molecule has 3 aliphatic rings. The molecule has 1 N–H and O–H groups in total. The van der Waals surface area contributed by atoms with Gasteiger partial charge in [-0.1, -0.05) is 23.2 Å². The Morgan fingerprint density at radius 1 is 1.17 bits per heavy atom. The van der Waals surface area contributed by atoms with E-state index in [-0.39, 0.29) is 0 Å². The number of hydrogen-bond donors (Lipinski definition) is 1. The van der Waals surface area contributed by atoms with Crippen LogP contribution in [0.2, 0.25) is 10.0 Å². The molecule has 3 fully saturated rings. The van der Waals surface area contributed by atoms with Crippen molar-refractivity contribution in [1.29, 1.82) is 0 Å². The third-order valence-electron chi connectivity index (χ3n) is 3.69. The van der Waals surface area contributed by atoms with Gasteiger partial charge >= 0.3 is 0 Å². The Hall–Kier alpha value is -0.770. The van der Waals surface area contributed by atoms with Crippen LogP contribution in [0.25, 0.3) is 0 Å². The molecule has 0 saturated carbocycles. The third kappa shape index (κ3) is 2.48. The molecule has 0 amide bonds. The summed E-state index contributed by atoms with van der Waals surface area (Å²) in [7, 11) is 0. The predicted molar refractivity (Wildman–Crippen MR) is 76.7 cm³/mol. The molecule has 1 aromatic rings. The van der Waals surface area contributed by atoms with Gasteiger partial charge in [0, 0.05) is 12.5 Å². The molecule has 0 aliphatic carbocycles. The average Bonchev–Trinajstić information content (AvgIpc) is 2.41. The lowest BCUT2D eigenvalue weighted by Crippen LogP contribution is -2.48. The van der Waals surface area contributed by atoms with Crippen molar-refractivity contribution < 1.29 is 0 Å². The van der Waals surface area contributed by atoms with Crippen LogP contribution >= 0.6 is 23.2 Å². The topological polar surface area (TPSA) is 27.6 Å². The number of hydrazone groups is 1.